The highest BCUT2D eigenvalue weighted by atomic mass is 16.5. The van der Waals surface area contributed by atoms with Crippen LogP contribution in [0.25, 0.3) is 0 Å². The normalized spacial score (nSPS) is 10.5. The van der Waals surface area contributed by atoms with Crippen LogP contribution in [-0.2, 0) is 6.42 Å². The molecule has 5 nitrogen and oxygen atoms in total. The van der Waals surface area contributed by atoms with Gasteiger partial charge in [0.15, 0.2) is 0 Å². The van der Waals surface area contributed by atoms with E-state index in [2.05, 4.69) is 35.8 Å². The van der Waals surface area contributed by atoms with Crippen molar-refractivity contribution in [2.45, 2.75) is 47.1 Å². The lowest BCUT2D eigenvalue weighted by atomic mass is 10.4. The van der Waals surface area contributed by atoms with Crippen molar-refractivity contribution in [2.75, 3.05) is 27.2 Å². The van der Waals surface area contributed by atoms with Crippen LogP contribution < -0.4 is 4.74 Å². The molecule has 0 spiro atoms. The molecule has 0 radical (unpaired) electrons. The van der Waals surface area contributed by atoms with Gasteiger partial charge in [0.05, 0.1) is 0 Å². The van der Waals surface area contributed by atoms with E-state index >= 15 is 0 Å². The van der Waals surface area contributed by atoms with Gasteiger partial charge in [-0.05, 0) is 27.9 Å². The minimum absolute atomic E-state index is 0.327. The third-order valence-corrected chi connectivity index (χ3v) is 2.26. The van der Waals surface area contributed by atoms with E-state index < -0.39 is 0 Å². The summed E-state index contributed by atoms with van der Waals surface area (Å²) >= 11 is 0. The van der Waals surface area contributed by atoms with Crippen LogP contribution in [0.4, 0.5) is 0 Å². The summed E-state index contributed by atoms with van der Waals surface area (Å²) in [6.45, 7) is 11.8. The van der Waals surface area contributed by atoms with Crippen LogP contribution in [-0.4, -0.2) is 46.9 Å². The van der Waals surface area contributed by atoms with E-state index in [0.29, 0.717) is 18.7 Å². The monoisotopic (exact) mass is 256 g/mol. The SMILES string of the molecule is CC.CCc1nc(OCCN(C)C)nn1C(C)C. The van der Waals surface area contributed by atoms with Gasteiger partial charge >= 0.3 is 6.01 Å². The topological polar surface area (TPSA) is 43.2 Å². The maximum Gasteiger partial charge on any atom is 0.335 e. The van der Waals surface area contributed by atoms with E-state index in [1.54, 1.807) is 0 Å². The largest absolute Gasteiger partial charge is 0.461 e. The number of nitrogens with zero attached hydrogens (tertiary/aromatic N) is 4. The number of hydrogen-bond donors (Lipinski definition) is 0. The Kier molecular flexibility index (Phi) is 8.37. The molecule has 18 heavy (non-hydrogen) atoms. The fraction of sp³-hybridized carbons (Fsp3) is 0.846. The van der Waals surface area contributed by atoms with E-state index in [1.807, 2.05) is 32.6 Å². The van der Waals surface area contributed by atoms with Crippen molar-refractivity contribution >= 4 is 0 Å². The van der Waals surface area contributed by atoms with Gasteiger partial charge in [0, 0.05) is 19.0 Å². The van der Waals surface area contributed by atoms with Crippen molar-refractivity contribution < 1.29 is 4.74 Å². The van der Waals surface area contributed by atoms with Crippen molar-refractivity contribution in [1.82, 2.24) is 19.7 Å². The second-order valence-electron chi connectivity index (χ2n) is 4.35. The molecule has 0 amide bonds. The van der Waals surface area contributed by atoms with Crippen LogP contribution in [0.15, 0.2) is 0 Å². The molecule has 1 aromatic rings. The first-order chi connectivity index (χ1) is 8.54. The fourth-order valence-corrected chi connectivity index (χ4v) is 1.37. The molecule has 0 aromatic carbocycles. The molecule has 0 atom stereocenters. The van der Waals surface area contributed by atoms with E-state index in [1.165, 1.54) is 0 Å². The highest BCUT2D eigenvalue weighted by Crippen LogP contribution is 2.12. The summed E-state index contributed by atoms with van der Waals surface area (Å²) in [6.07, 6.45) is 0.877. The predicted molar refractivity (Wildman–Crippen MR) is 75.2 cm³/mol. The Balaban J connectivity index is 0.00000137. The average Bonchev–Trinajstić information content (AvgIpc) is 2.74. The molecule has 0 unspecified atom stereocenters. The standard InChI is InChI=1S/C11H22N4O.C2H6/c1-6-10-12-11(13-15(10)9(2)3)16-8-7-14(4)5;1-2/h9H,6-8H2,1-5H3;1-2H3. The molecule has 0 bridgehead atoms. The second kappa shape index (κ2) is 8.91. The van der Waals surface area contributed by atoms with E-state index in [4.69, 9.17) is 4.74 Å². The van der Waals surface area contributed by atoms with Crippen LogP contribution in [0.3, 0.4) is 0 Å². The van der Waals surface area contributed by atoms with E-state index in [0.717, 1.165) is 18.8 Å². The van der Waals surface area contributed by atoms with Gasteiger partial charge in [0.25, 0.3) is 0 Å². The number of rotatable bonds is 6. The molecule has 0 aliphatic rings. The minimum atomic E-state index is 0.327. The van der Waals surface area contributed by atoms with Gasteiger partial charge in [-0.1, -0.05) is 20.8 Å². The third kappa shape index (κ3) is 5.49. The summed E-state index contributed by atoms with van der Waals surface area (Å²) in [5.41, 5.74) is 0. The number of aryl methyl sites for hydroxylation is 1. The van der Waals surface area contributed by atoms with Crippen LogP contribution in [0.1, 0.15) is 46.5 Å². The highest BCUT2D eigenvalue weighted by Gasteiger charge is 2.11. The Hall–Kier alpha value is -1.10. The van der Waals surface area contributed by atoms with Gasteiger partial charge in [-0.2, -0.15) is 4.98 Å². The van der Waals surface area contributed by atoms with Gasteiger partial charge in [-0.3, -0.25) is 0 Å². The second-order valence-corrected chi connectivity index (χ2v) is 4.35. The Morgan fingerprint density at radius 1 is 1.28 bits per heavy atom. The van der Waals surface area contributed by atoms with Crippen molar-refractivity contribution in [1.29, 1.82) is 0 Å². The zero-order valence-electron chi connectivity index (χ0n) is 12.9. The molecular weight excluding hydrogens is 228 g/mol. The smallest absolute Gasteiger partial charge is 0.335 e. The number of hydrogen-bond acceptors (Lipinski definition) is 4. The summed E-state index contributed by atoms with van der Waals surface area (Å²) in [5, 5.41) is 4.34. The lowest BCUT2D eigenvalue weighted by molar-refractivity contribution is 0.244. The van der Waals surface area contributed by atoms with Crippen molar-refractivity contribution in [3.8, 4) is 6.01 Å². The van der Waals surface area contributed by atoms with Crippen LogP contribution in [0, 0.1) is 0 Å². The zero-order valence-corrected chi connectivity index (χ0v) is 12.9. The van der Waals surface area contributed by atoms with Crippen molar-refractivity contribution in [2.24, 2.45) is 0 Å². The lowest BCUT2D eigenvalue weighted by Gasteiger charge is -2.08. The molecule has 1 heterocycles. The lowest BCUT2D eigenvalue weighted by Crippen LogP contribution is -2.19. The Morgan fingerprint density at radius 2 is 1.89 bits per heavy atom. The molecule has 1 aromatic heterocycles. The average molecular weight is 256 g/mol. The van der Waals surface area contributed by atoms with Gasteiger partial charge in [0.2, 0.25) is 0 Å². The summed E-state index contributed by atoms with van der Waals surface area (Å²) in [6, 6.07) is 0.820. The summed E-state index contributed by atoms with van der Waals surface area (Å²) < 4.78 is 7.43. The Labute approximate surface area is 111 Å². The maximum atomic E-state index is 5.51. The maximum absolute atomic E-state index is 5.51. The van der Waals surface area contributed by atoms with Gasteiger partial charge in [0.1, 0.15) is 12.4 Å². The van der Waals surface area contributed by atoms with Gasteiger partial charge in [-0.15, -0.1) is 5.10 Å². The summed E-state index contributed by atoms with van der Waals surface area (Å²) in [5.74, 6) is 0.981. The highest BCUT2D eigenvalue weighted by molar-refractivity contribution is 4.98. The molecule has 0 N–H and O–H groups in total. The molecule has 0 saturated carbocycles. The van der Waals surface area contributed by atoms with Gasteiger partial charge < -0.3 is 9.64 Å². The molecule has 0 aliphatic carbocycles. The molecule has 106 valence electrons. The molecule has 0 aliphatic heterocycles. The summed E-state index contributed by atoms with van der Waals surface area (Å²) in [7, 11) is 4.03. The molecule has 1 rings (SSSR count). The fourth-order valence-electron chi connectivity index (χ4n) is 1.37. The van der Waals surface area contributed by atoms with Gasteiger partial charge in [-0.25, -0.2) is 4.68 Å². The number of likely N-dealkylation sites (N-methyl/N-ethyl adjacent to an activating group) is 1. The quantitative estimate of drug-likeness (QED) is 0.784. The number of ether oxygens (including phenoxy) is 1. The first-order valence-corrected chi connectivity index (χ1v) is 6.77. The van der Waals surface area contributed by atoms with Crippen molar-refractivity contribution in [3.05, 3.63) is 5.82 Å². The molecule has 0 saturated heterocycles. The summed E-state index contributed by atoms with van der Waals surface area (Å²) in [4.78, 5) is 6.43. The van der Waals surface area contributed by atoms with Crippen LogP contribution >= 0.6 is 0 Å². The third-order valence-electron chi connectivity index (χ3n) is 2.26. The number of aromatic nitrogens is 3. The molecule has 5 heteroatoms. The predicted octanol–water partition coefficient (Wildman–Crippen LogP) is 2.39. The van der Waals surface area contributed by atoms with Crippen LogP contribution in [0.2, 0.25) is 0 Å². The molecule has 0 fully saturated rings. The van der Waals surface area contributed by atoms with E-state index in [9.17, 15) is 0 Å². The zero-order chi connectivity index (χ0) is 14.1. The minimum Gasteiger partial charge on any atom is -0.461 e. The first kappa shape index (κ1) is 16.9. The van der Waals surface area contributed by atoms with Crippen molar-refractivity contribution in [3.63, 3.8) is 0 Å². The van der Waals surface area contributed by atoms with E-state index in [-0.39, 0.29) is 0 Å². The molecular formula is C13H28N4O. The first-order valence-electron chi connectivity index (χ1n) is 6.77. The Morgan fingerprint density at radius 3 is 2.28 bits per heavy atom. The Bertz CT molecular complexity index is 321. The van der Waals surface area contributed by atoms with Crippen LogP contribution in [0.5, 0.6) is 6.01 Å².